The van der Waals surface area contributed by atoms with Crippen molar-refractivity contribution in [3.63, 3.8) is 0 Å². The highest BCUT2D eigenvalue weighted by atomic mass is 16.5. The van der Waals surface area contributed by atoms with Crippen LogP contribution in [0.15, 0.2) is 12.3 Å². The molecule has 1 fully saturated rings. The van der Waals surface area contributed by atoms with Crippen molar-refractivity contribution in [2.24, 2.45) is 17.8 Å². The van der Waals surface area contributed by atoms with Crippen LogP contribution in [0.5, 0.6) is 0 Å². The molecule has 1 rings (SSSR count). The summed E-state index contributed by atoms with van der Waals surface area (Å²) in [5.74, 6) is 3.10. The summed E-state index contributed by atoms with van der Waals surface area (Å²) in [6.45, 7) is 13.1. The van der Waals surface area contributed by atoms with E-state index in [1.165, 1.54) is 12.8 Å². The molecule has 0 spiro atoms. The fourth-order valence-electron chi connectivity index (χ4n) is 2.64. The van der Waals surface area contributed by atoms with Crippen LogP contribution in [-0.4, -0.2) is 6.10 Å². The van der Waals surface area contributed by atoms with Crippen LogP contribution >= 0.6 is 0 Å². The molecule has 0 bridgehead atoms. The van der Waals surface area contributed by atoms with Gasteiger partial charge < -0.3 is 4.74 Å². The van der Waals surface area contributed by atoms with E-state index in [0.29, 0.717) is 17.9 Å². The summed E-state index contributed by atoms with van der Waals surface area (Å²) in [6, 6.07) is 0. The third-order valence-electron chi connectivity index (χ3n) is 3.30. The predicted octanol–water partition coefficient (Wildman–Crippen LogP) is 4.00. The first-order valence-corrected chi connectivity index (χ1v) is 5.95. The van der Waals surface area contributed by atoms with Crippen molar-refractivity contribution in [1.82, 2.24) is 0 Å². The zero-order valence-electron chi connectivity index (χ0n) is 10.0. The quantitative estimate of drug-likeness (QED) is 0.660. The van der Waals surface area contributed by atoms with Crippen LogP contribution in [0, 0.1) is 17.8 Å². The topological polar surface area (TPSA) is 9.23 Å². The van der Waals surface area contributed by atoms with Gasteiger partial charge in [0.25, 0.3) is 0 Å². The van der Waals surface area contributed by atoms with E-state index in [-0.39, 0.29) is 0 Å². The lowest BCUT2D eigenvalue weighted by Crippen LogP contribution is -2.21. The zero-order valence-corrected chi connectivity index (χ0v) is 10.0. The Hall–Kier alpha value is -0.460. The third-order valence-corrected chi connectivity index (χ3v) is 3.30. The van der Waals surface area contributed by atoms with E-state index in [2.05, 4.69) is 34.3 Å². The fraction of sp³-hybridized carbons (Fsp3) is 0.846. The first-order valence-electron chi connectivity index (χ1n) is 5.95. The van der Waals surface area contributed by atoms with E-state index in [1.54, 1.807) is 0 Å². The molecule has 0 amide bonds. The maximum Gasteiger partial charge on any atom is 0.101 e. The Kier molecular flexibility index (Phi) is 4.03. The third kappa shape index (κ3) is 2.31. The molecule has 1 nitrogen and oxygen atoms in total. The molecule has 0 aromatic heterocycles. The second-order valence-electron chi connectivity index (χ2n) is 4.84. The van der Waals surface area contributed by atoms with Crippen molar-refractivity contribution in [2.75, 3.05) is 0 Å². The SMILES string of the molecule is C=C1OC(CC)C(CC(C)C)C1CC. The van der Waals surface area contributed by atoms with Crippen LogP contribution in [0.25, 0.3) is 0 Å². The summed E-state index contributed by atoms with van der Waals surface area (Å²) in [5.41, 5.74) is 0. The average Bonchev–Trinajstić information content (AvgIpc) is 2.41. The van der Waals surface area contributed by atoms with Crippen molar-refractivity contribution < 1.29 is 4.74 Å². The molecule has 1 aliphatic rings. The van der Waals surface area contributed by atoms with Crippen LogP contribution in [0.1, 0.15) is 47.0 Å². The molecule has 3 unspecified atom stereocenters. The molecular weight excluding hydrogens is 172 g/mol. The summed E-state index contributed by atoms with van der Waals surface area (Å²) in [4.78, 5) is 0. The normalized spacial score (nSPS) is 32.4. The van der Waals surface area contributed by atoms with Crippen molar-refractivity contribution in [3.8, 4) is 0 Å². The van der Waals surface area contributed by atoms with Crippen LogP contribution in [0.4, 0.5) is 0 Å². The van der Waals surface area contributed by atoms with E-state index < -0.39 is 0 Å². The van der Waals surface area contributed by atoms with Crippen molar-refractivity contribution >= 4 is 0 Å². The van der Waals surface area contributed by atoms with Crippen LogP contribution < -0.4 is 0 Å². The molecule has 1 heterocycles. The number of hydrogen-bond acceptors (Lipinski definition) is 1. The minimum atomic E-state index is 0.426. The Morgan fingerprint density at radius 3 is 2.36 bits per heavy atom. The Morgan fingerprint density at radius 1 is 1.29 bits per heavy atom. The summed E-state index contributed by atoms with van der Waals surface area (Å²) >= 11 is 0. The second-order valence-corrected chi connectivity index (χ2v) is 4.84. The first-order chi connectivity index (χ1) is 6.60. The van der Waals surface area contributed by atoms with E-state index in [4.69, 9.17) is 4.74 Å². The predicted molar refractivity (Wildman–Crippen MR) is 61.0 cm³/mol. The lowest BCUT2D eigenvalue weighted by molar-refractivity contribution is 0.117. The smallest absolute Gasteiger partial charge is 0.101 e. The maximum atomic E-state index is 5.83. The molecule has 1 aliphatic heterocycles. The van der Waals surface area contributed by atoms with Gasteiger partial charge in [0.15, 0.2) is 0 Å². The van der Waals surface area contributed by atoms with Crippen molar-refractivity contribution in [2.45, 2.75) is 53.1 Å². The molecule has 3 atom stereocenters. The van der Waals surface area contributed by atoms with Gasteiger partial charge in [0.1, 0.15) is 6.10 Å². The monoisotopic (exact) mass is 196 g/mol. The maximum absolute atomic E-state index is 5.83. The van der Waals surface area contributed by atoms with E-state index in [9.17, 15) is 0 Å². The lowest BCUT2D eigenvalue weighted by atomic mass is 9.81. The zero-order chi connectivity index (χ0) is 10.7. The molecule has 82 valence electrons. The standard InChI is InChI=1S/C13H24O/c1-6-11-10(5)14-13(7-2)12(11)8-9(3)4/h9,11-13H,5-8H2,1-4H3. The first kappa shape index (κ1) is 11.6. The fourth-order valence-corrected chi connectivity index (χ4v) is 2.64. The Bertz CT molecular complexity index is 195. The molecule has 0 aromatic rings. The molecule has 14 heavy (non-hydrogen) atoms. The average molecular weight is 196 g/mol. The van der Waals surface area contributed by atoms with E-state index in [0.717, 1.165) is 18.1 Å². The number of hydrogen-bond donors (Lipinski definition) is 0. The van der Waals surface area contributed by atoms with Crippen LogP contribution in [-0.2, 0) is 4.74 Å². The summed E-state index contributed by atoms with van der Waals surface area (Å²) in [6.07, 6.45) is 3.99. The van der Waals surface area contributed by atoms with Crippen molar-refractivity contribution in [1.29, 1.82) is 0 Å². The molecular formula is C13H24O. The minimum absolute atomic E-state index is 0.426. The number of ether oxygens (including phenoxy) is 1. The molecule has 1 heteroatoms. The lowest BCUT2D eigenvalue weighted by Gasteiger charge is -2.21. The van der Waals surface area contributed by atoms with Crippen LogP contribution in [0.3, 0.4) is 0 Å². The summed E-state index contributed by atoms with van der Waals surface area (Å²) in [5, 5.41) is 0. The van der Waals surface area contributed by atoms with E-state index >= 15 is 0 Å². The summed E-state index contributed by atoms with van der Waals surface area (Å²) in [7, 11) is 0. The second kappa shape index (κ2) is 4.86. The van der Waals surface area contributed by atoms with Gasteiger partial charge in [0.05, 0.1) is 5.76 Å². The largest absolute Gasteiger partial charge is 0.495 e. The number of rotatable bonds is 4. The van der Waals surface area contributed by atoms with Gasteiger partial charge in [-0.2, -0.15) is 0 Å². The molecule has 0 saturated carbocycles. The van der Waals surface area contributed by atoms with E-state index in [1.807, 2.05) is 0 Å². The Labute approximate surface area is 88.5 Å². The molecule has 0 aromatic carbocycles. The van der Waals surface area contributed by atoms with Gasteiger partial charge in [-0.25, -0.2) is 0 Å². The molecule has 0 N–H and O–H groups in total. The molecule has 0 radical (unpaired) electrons. The highest BCUT2D eigenvalue weighted by Crippen LogP contribution is 2.41. The van der Waals surface area contributed by atoms with Gasteiger partial charge in [0.2, 0.25) is 0 Å². The van der Waals surface area contributed by atoms with Gasteiger partial charge in [-0.1, -0.05) is 34.3 Å². The molecule has 0 aliphatic carbocycles. The van der Waals surface area contributed by atoms with Gasteiger partial charge >= 0.3 is 0 Å². The van der Waals surface area contributed by atoms with Gasteiger partial charge in [-0.05, 0) is 25.2 Å². The minimum Gasteiger partial charge on any atom is -0.495 e. The molecule has 1 saturated heterocycles. The van der Waals surface area contributed by atoms with Gasteiger partial charge in [-0.15, -0.1) is 0 Å². The summed E-state index contributed by atoms with van der Waals surface area (Å²) < 4.78 is 5.83. The highest BCUT2D eigenvalue weighted by molar-refractivity contribution is 5.03. The number of allylic oxidation sites excluding steroid dienone is 1. The van der Waals surface area contributed by atoms with Crippen LogP contribution in [0.2, 0.25) is 0 Å². The Balaban J connectivity index is 2.68. The highest BCUT2D eigenvalue weighted by Gasteiger charge is 2.38. The van der Waals surface area contributed by atoms with Crippen molar-refractivity contribution in [3.05, 3.63) is 12.3 Å². The van der Waals surface area contributed by atoms with Gasteiger partial charge in [-0.3, -0.25) is 0 Å². The Morgan fingerprint density at radius 2 is 1.93 bits per heavy atom. The van der Waals surface area contributed by atoms with Gasteiger partial charge in [0, 0.05) is 11.8 Å².